The van der Waals surface area contributed by atoms with E-state index in [-0.39, 0.29) is 5.54 Å². The van der Waals surface area contributed by atoms with Gasteiger partial charge in [-0.1, -0.05) is 0 Å². The summed E-state index contributed by atoms with van der Waals surface area (Å²) in [5.41, 5.74) is -0.697. The SMILES string of the molecule is O=C(O)C12CCC(NCc3cnc(C(F)(F)F)s3)(CC1)CC2. The topological polar surface area (TPSA) is 62.2 Å². The third kappa shape index (κ3) is 2.74. The Bertz CT molecular complexity index is 560. The zero-order valence-electron chi connectivity index (χ0n) is 11.9. The quantitative estimate of drug-likeness (QED) is 0.885. The number of nitrogens with one attached hydrogen (secondary N) is 1. The van der Waals surface area contributed by atoms with Crippen LogP contribution in [0.25, 0.3) is 0 Å². The van der Waals surface area contributed by atoms with Crippen LogP contribution in [-0.4, -0.2) is 21.6 Å². The van der Waals surface area contributed by atoms with Gasteiger partial charge in [0.2, 0.25) is 0 Å². The lowest BCUT2D eigenvalue weighted by Crippen LogP contribution is -2.56. The van der Waals surface area contributed by atoms with Crippen molar-refractivity contribution < 1.29 is 23.1 Å². The van der Waals surface area contributed by atoms with Crippen molar-refractivity contribution in [2.75, 3.05) is 0 Å². The molecule has 3 aliphatic rings. The Balaban J connectivity index is 1.61. The van der Waals surface area contributed by atoms with Crippen molar-refractivity contribution in [3.63, 3.8) is 0 Å². The van der Waals surface area contributed by atoms with Crippen LogP contribution in [0.2, 0.25) is 0 Å². The number of hydrogen-bond donors (Lipinski definition) is 2. The van der Waals surface area contributed by atoms with Crippen LogP contribution in [0.1, 0.15) is 48.4 Å². The lowest BCUT2D eigenvalue weighted by atomic mass is 9.57. The van der Waals surface area contributed by atoms with E-state index in [1.807, 2.05) is 0 Å². The molecule has 0 spiro atoms. The van der Waals surface area contributed by atoms with Gasteiger partial charge >= 0.3 is 12.1 Å². The van der Waals surface area contributed by atoms with E-state index >= 15 is 0 Å². The van der Waals surface area contributed by atoms with Gasteiger partial charge in [0.25, 0.3) is 0 Å². The first-order chi connectivity index (χ1) is 10.2. The van der Waals surface area contributed by atoms with E-state index < -0.39 is 22.6 Å². The van der Waals surface area contributed by atoms with Gasteiger partial charge in [0.1, 0.15) is 0 Å². The number of aromatic nitrogens is 1. The number of halogens is 3. The smallest absolute Gasteiger partial charge is 0.443 e. The summed E-state index contributed by atoms with van der Waals surface area (Å²) in [7, 11) is 0. The van der Waals surface area contributed by atoms with Crippen LogP contribution in [-0.2, 0) is 17.5 Å². The Morgan fingerprint density at radius 2 is 1.86 bits per heavy atom. The first-order valence-corrected chi connectivity index (χ1v) is 8.07. The molecular formula is C14H17F3N2O2S. The van der Waals surface area contributed by atoms with Crippen molar-refractivity contribution in [3.05, 3.63) is 16.1 Å². The summed E-state index contributed by atoms with van der Waals surface area (Å²) >= 11 is 0.662. The number of rotatable bonds is 4. The third-order valence-corrected chi connectivity index (χ3v) is 6.18. The van der Waals surface area contributed by atoms with Crippen LogP contribution in [0.3, 0.4) is 0 Å². The molecule has 122 valence electrons. The molecule has 0 saturated heterocycles. The summed E-state index contributed by atoms with van der Waals surface area (Å²) in [6, 6.07) is 0. The fraction of sp³-hybridized carbons (Fsp3) is 0.714. The molecule has 0 radical (unpaired) electrons. The number of fused-ring (bicyclic) bond motifs is 3. The molecule has 0 atom stereocenters. The lowest BCUT2D eigenvalue weighted by molar-refractivity contribution is -0.156. The standard InChI is InChI=1S/C14H17F3N2O2S/c15-14(16,17)10-18-7-9(22-10)8-19-13-4-1-12(2-5-13,3-6-13)11(20)21/h7,19H,1-6,8H2,(H,20,21). The van der Waals surface area contributed by atoms with E-state index in [2.05, 4.69) is 10.3 Å². The maximum Gasteiger partial charge on any atom is 0.443 e. The van der Waals surface area contributed by atoms with Gasteiger partial charge in [-0.05, 0) is 38.5 Å². The van der Waals surface area contributed by atoms with Crippen molar-refractivity contribution in [2.45, 2.75) is 56.8 Å². The Labute approximate surface area is 129 Å². The lowest BCUT2D eigenvalue weighted by Gasteiger charge is -2.51. The second-order valence-electron chi connectivity index (χ2n) is 6.35. The molecule has 1 aromatic heterocycles. The molecule has 2 N–H and O–H groups in total. The predicted molar refractivity (Wildman–Crippen MR) is 74.5 cm³/mol. The van der Waals surface area contributed by atoms with Gasteiger partial charge in [-0.3, -0.25) is 4.79 Å². The largest absolute Gasteiger partial charge is 0.481 e. The summed E-state index contributed by atoms with van der Waals surface area (Å²) in [4.78, 5) is 15.4. The number of carboxylic acid groups (broad SMARTS) is 1. The second kappa shape index (κ2) is 5.19. The van der Waals surface area contributed by atoms with E-state index in [9.17, 15) is 23.1 Å². The Morgan fingerprint density at radius 1 is 1.27 bits per heavy atom. The zero-order chi connectivity index (χ0) is 16.0. The van der Waals surface area contributed by atoms with E-state index in [4.69, 9.17) is 0 Å². The molecule has 3 aliphatic carbocycles. The minimum atomic E-state index is -4.39. The molecule has 4 nitrogen and oxygen atoms in total. The first-order valence-electron chi connectivity index (χ1n) is 7.25. The molecule has 2 bridgehead atoms. The normalized spacial score (nSPS) is 31.4. The Kier molecular flexibility index (Phi) is 3.71. The maximum absolute atomic E-state index is 12.5. The van der Waals surface area contributed by atoms with E-state index in [1.165, 1.54) is 6.20 Å². The monoisotopic (exact) mass is 334 g/mol. The number of nitrogens with zero attached hydrogens (tertiary/aromatic N) is 1. The molecular weight excluding hydrogens is 317 g/mol. The van der Waals surface area contributed by atoms with Gasteiger partial charge < -0.3 is 10.4 Å². The molecule has 0 aromatic carbocycles. The molecule has 1 aromatic rings. The van der Waals surface area contributed by atoms with Crippen molar-refractivity contribution in [2.24, 2.45) is 5.41 Å². The third-order valence-electron chi connectivity index (χ3n) is 5.13. The first kappa shape index (κ1) is 15.7. The van der Waals surface area contributed by atoms with Crippen molar-refractivity contribution >= 4 is 17.3 Å². The number of carboxylic acids is 1. The number of carbonyl (C=O) groups is 1. The van der Waals surface area contributed by atoms with Crippen molar-refractivity contribution in [1.82, 2.24) is 10.3 Å². The Morgan fingerprint density at radius 3 is 2.32 bits per heavy atom. The highest BCUT2D eigenvalue weighted by molar-refractivity contribution is 7.11. The highest BCUT2D eigenvalue weighted by Gasteiger charge is 2.52. The fourth-order valence-electron chi connectivity index (χ4n) is 3.57. The minimum absolute atomic E-state index is 0.125. The van der Waals surface area contributed by atoms with E-state index in [1.54, 1.807) is 0 Å². The number of thiazole rings is 1. The average molecular weight is 334 g/mol. The van der Waals surface area contributed by atoms with Gasteiger partial charge in [0, 0.05) is 23.2 Å². The van der Waals surface area contributed by atoms with E-state index in [0.29, 0.717) is 42.0 Å². The van der Waals surface area contributed by atoms with Gasteiger partial charge in [-0.15, -0.1) is 11.3 Å². The summed E-state index contributed by atoms with van der Waals surface area (Å²) in [5, 5.41) is 11.9. The summed E-state index contributed by atoms with van der Waals surface area (Å²) in [5.74, 6) is -0.710. The maximum atomic E-state index is 12.5. The molecule has 8 heteroatoms. The molecule has 0 aliphatic heterocycles. The van der Waals surface area contributed by atoms with Gasteiger partial charge in [-0.25, -0.2) is 4.98 Å². The average Bonchev–Trinajstić information content (AvgIpc) is 2.96. The van der Waals surface area contributed by atoms with Gasteiger partial charge in [0.05, 0.1) is 5.41 Å². The Hall–Kier alpha value is -1.15. The minimum Gasteiger partial charge on any atom is -0.481 e. The van der Waals surface area contributed by atoms with Crippen LogP contribution in [0.15, 0.2) is 6.20 Å². The molecule has 22 heavy (non-hydrogen) atoms. The fourth-order valence-corrected chi connectivity index (χ4v) is 4.29. The molecule has 0 amide bonds. The zero-order valence-corrected chi connectivity index (χ0v) is 12.7. The number of hydrogen-bond acceptors (Lipinski definition) is 4. The predicted octanol–water partition coefficient (Wildman–Crippen LogP) is 3.43. The van der Waals surface area contributed by atoms with Gasteiger partial charge in [-0.2, -0.15) is 13.2 Å². The van der Waals surface area contributed by atoms with Crippen LogP contribution in [0, 0.1) is 5.41 Å². The molecule has 1 heterocycles. The molecule has 0 unspecified atom stereocenters. The van der Waals surface area contributed by atoms with Gasteiger partial charge in [0.15, 0.2) is 5.01 Å². The summed E-state index contributed by atoms with van der Waals surface area (Å²) in [6.45, 7) is 0.355. The van der Waals surface area contributed by atoms with Crippen LogP contribution in [0.4, 0.5) is 13.2 Å². The van der Waals surface area contributed by atoms with Crippen molar-refractivity contribution in [3.8, 4) is 0 Å². The molecule has 3 saturated carbocycles. The molecule has 3 fully saturated rings. The van der Waals surface area contributed by atoms with Crippen molar-refractivity contribution in [1.29, 1.82) is 0 Å². The summed E-state index contributed by atoms with van der Waals surface area (Å²) in [6.07, 6.45) is 1.12. The highest BCUT2D eigenvalue weighted by Crippen LogP contribution is 2.52. The van der Waals surface area contributed by atoms with E-state index in [0.717, 1.165) is 19.3 Å². The second-order valence-corrected chi connectivity index (χ2v) is 7.46. The highest BCUT2D eigenvalue weighted by atomic mass is 32.1. The summed E-state index contributed by atoms with van der Waals surface area (Å²) < 4.78 is 37.6. The number of alkyl halides is 3. The molecule has 4 rings (SSSR count). The van der Waals surface area contributed by atoms with Crippen LogP contribution in [0.5, 0.6) is 0 Å². The van der Waals surface area contributed by atoms with Crippen LogP contribution >= 0.6 is 11.3 Å². The van der Waals surface area contributed by atoms with Crippen LogP contribution < -0.4 is 5.32 Å². The number of aliphatic carboxylic acids is 1.